The van der Waals surface area contributed by atoms with E-state index in [0.29, 0.717) is 11.3 Å². The minimum atomic E-state index is -0.494. The molecule has 1 spiro atoms. The fraction of sp³-hybridized carbons (Fsp3) is 0.550. The van der Waals surface area contributed by atoms with Crippen LogP contribution in [0.25, 0.3) is 0 Å². The van der Waals surface area contributed by atoms with Gasteiger partial charge in [0.05, 0.1) is 29.9 Å². The molecule has 3 aliphatic heterocycles. The fourth-order valence-electron chi connectivity index (χ4n) is 6.03. The van der Waals surface area contributed by atoms with E-state index in [2.05, 4.69) is 16.3 Å². The Morgan fingerprint density at radius 2 is 2.27 bits per heavy atom. The van der Waals surface area contributed by atoms with Gasteiger partial charge >= 0.3 is 5.97 Å². The number of aliphatic hydroxyl groups is 1. The van der Waals surface area contributed by atoms with Crippen LogP contribution in [0.15, 0.2) is 29.5 Å². The van der Waals surface area contributed by atoms with Crippen molar-refractivity contribution in [2.24, 2.45) is 11.8 Å². The molecule has 1 aromatic rings. The van der Waals surface area contributed by atoms with E-state index in [0.717, 1.165) is 37.2 Å². The molecule has 2 saturated heterocycles. The smallest absolute Gasteiger partial charge is 0.335 e. The number of hydrogen-bond acceptors (Lipinski definition) is 6. The van der Waals surface area contributed by atoms with Gasteiger partial charge in [-0.2, -0.15) is 0 Å². The first-order valence-corrected chi connectivity index (χ1v) is 9.33. The summed E-state index contributed by atoms with van der Waals surface area (Å²) in [7, 11) is 1.41. The summed E-state index contributed by atoms with van der Waals surface area (Å²) >= 11 is 0. The van der Waals surface area contributed by atoms with Crippen molar-refractivity contribution in [2.75, 3.05) is 25.5 Å². The number of ether oxygens (including phenoxy) is 1. The first-order chi connectivity index (χ1) is 12.5. The zero-order chi connectivity index (χ0) is 18.2. The van der Waals surface area contributed by atoms with Crippen molar-refractivity contribution in [1.29, 1.82) is 0 Å². The van der Waals surface area contributed by atoms with Crippen LogP contribution < -0.4 is 5.32 Å². The van der Waals surface area contributed by atoms with Crippen molar-refractivity contribution in [2.45, 2.75) is 37.3 Å². The van der Waals surface area contributed by atoms with E-state index in [-0.39, 0.29) is 35.0 Å². The summed E-state index contributed by atoms with van der Waals surface area (Å²) in [5.74, 6) is -0.145. The largest absolute Gasteiger partial charge is 0.506 e. The summed E-state index contributed by atoms with van der Waals surface area (Å²) in [5.41, 5.74) is 3.04. The van der Waals surface area contributed by atoms with E-state index in [1.807, 2.05) is 13.0 Å². The molecule has 0 amide bonds. The molecule has 3 N–H and O–H groups in total. The van der Waals surface area contributed by atoms with Crippen molar-refractivity contribution < 1.29 is 19.7 Å². The van der Waals surface area contributed by atoms with Crippen LogP contribution in [0.4, 0.5) is 5.69 Å². The highest BCUT2D eigenvalue weighted by Crippen LogP contribution is 2.62. The Bertz CT molecular complexity index is 833. The molecule has 0 radical (unpaired) electrons. The summed E-state index contributed by atoms with van der Waals surface area (Å²) in [5, 5.41) is 24.2. The maximum Gasteiger partial charge on any atom is 0.335 e. The summed E-state index contributed by atoms with van der Waals surface area (Å²) < 4.78 is 5.16. The van der Waals surface area contributed by atoms with Crippen LogP contribution in [0.3, 0.4) is 0 Å². The predicted molar refractivity (Wildman–Crippen MR) is 95.7 cm³/mol. The second-order valence-corrected chi connectivity index (χ2v) is 8.08. The molecule has 6 heteroatoms. The zero-order valence-electron chi connectivity index (χ0n) is 15.0. The SMILES string of the molecule is COC(=O)C1=C2Nc3c(O)cccc3[C@@]23CCN2C[C@@H]([C@@H](C)O)[C@@H]1C[C@H]23. The van der Waals surface area contributed by atoms with Crippen molar-refractivity contribution in [1.82, 2.24) is 4.90 Å². The molecule has 2 bridgehead atoms. The Hall–Kier alpha value is -2.05. The number of methoxy groups -OCH3 is 1. The van der Waals surface area contributed by atoms with Crippen LogP contribution in [0.5, 0.6) is 5.75 Å². The maximum absolute atomic E-state index is 12.8. The minimum absolute atomic E-state index is 0.00283. The third-order valence-electron chi connectivity index (χ3n) is 7.13. The molecule has 0 unspecified atom stereocenters. The molecule has 5 atom stereocenters. The number of carbonyl (C=O) groups is 1. The highest BCUT2D eigenvalue weighted by atomic mass is 16.5. The molecule has 0 aromatic heterocycles. The molecule has 2 fully saturated rings. The summed E-state index contributed by atoms with van der Waals surface area (Å²) in [4.78, 5) is 15.3. The third-order valence-corrected chi connectivity index (χ3v) is 7.13. The molecule has 1 aromatic carbocycles. The summed E-state index contributed by atoms with van der Waals surface area (Å²) in [6, 6.07) is 5.90. The monoisotopic (exact) mass is 356 g/mol. The van der Waals surface area contributed by atoms with E-state index in [1.54, 1.807) is 6.07 Å². The van der Waals surface area contributed by atoms with E-state index in [1.165, 1.54) is 7.11 Å². The quantitative estimate of drug-likeness (QED) is 0.551. The molecular formula is C20H24N2O4. The van der Waals surface area contributed by atoms with Gasteiger partial charge in [-0.3, -0.25) is 4.90 Å². The Labute approximate surface area is 152 Å². The van der Waals surface area contributed by atoms with Crippen LogP contribution in [0.2, 0.25) is 0 Å². The third kappa shape index (κ3) is 1.76. The van der Waals surface area contributed by atoms with Crippen molar-refractivity contribution >= 4 is 11.7 Å². The van der Waals surface area contributed by atoms with E-state index in [4.69, 9.17) is 4.74 Å². The van der Waals surface area contributed by atoms with Gasteiger partial charge in [0.15, 0.2) is 0 Å². The minimum Gasteiger partial charge on any atom is -0.506 e. The molecule has 5 rings (SSSR count). The van der Waals surface area contributed by atoms with Crippen LogP contribution >= 0.6 is 0 Å². The number of fused-ring (bicyclic) bond motifs is 2. The second-order valence-electron chi connectivity index (χ2n) is 8.08. The van der Waals surface area contributed by atoms with E-state index in [9.17, 15) is 15.0 Å². The summed E-state index contributed by atoms with van der Waals surface area (Å²) in [6.45, 7) is 3.52. The number of hydrogen-bond donors (Lipinski definition) is 3. The number of para-hydroxylation sites is 1. The number of nitrogens with zero attached hydrogens (tertiary/aromatic N) is 1. The molecular weight excluding hydrogens is 332 g/mol. The molecule has 0 saturated carbocycles. The van der Waals surface area contributed by atoms with Gasteiger partial charge in [0.2, 0.25) is 0 Å². The normalized spacial score (nSPS) is 35.6. The zero-order valence-corrected chi connectivity index (χ0v) is 15.0. The second kappa shape index (κ2) is 5.24. The number of aliphatic hydroxyl groups excluding tert-OH is 1. The lowest BCUT2D eigenvalue weighted by atomic mass is 9.60. The molecule has 1 aliphatic carbocycles. The van der Waals surface area contributed by atoms with Crippen LogP contribution in [0.1, 0.15) is 25.3 Å². The number of benzene rings is 1. The number of phenolic OH excluding ortho intramolecular Hbond substituents is 1. The number of esters is 1. The van der Waals surface area contributed by atoms with Crippen molar-refractivity contribution in [3.8, 4) is 5.75 Å². The van der Waals surface area contributed by atoms with Gasteiger partial charge in [0.1, 0.15) is 5.75 Å². The number of rotatable bonds is 2. The number of carbonyl (C=O) groups excluding carboxylic acids is 1. The predicted octanol–water partition coefficient (Wildman–Crippen LogP) is 1.59. The van der Waals surface area contributed by atoms with Gasteiger partial charge in [-0.15, -0.1) is 0 Å². The lowest BCUT2D eigenvalue weighted by Gasteiger charge is -2.51. The average Bonchev–Trinajstić information content (AvgIpc) is 3.18. The first-order valence-electron chi connectivity index (χ1n) is 9.33. The van der Waals surface area contributed by atoms with Crippen LogP contribution in [-0.2, 0) is 14.9 Å². The van der Waals surface area contributed by atoms with Crippen molar-refractivity contribution in [3.63, 3.8) is 0 Å². The number of piperidine rings is 1. The topological polar surface area (TPSA) is 82.0 Å². The molecule has 138 valence electrons. The van der Waals surface area contributed by atoms with Crippen LogP contribution in [-0.4, -0.2) is 53.4 Å². The Morgan fingerprint density at radius 1 is 1.46 bits per heavy atom. The van der Waals surface area contributed by atoms with Gasteiger partial charge in [-0.1, -0.05) is 12.1 Å². The molecule has 26 heavy (non-hydrogen) atoms. The van der Waals surface area contributed by atoms with Crippen molar-refractivity contribution in [3.05, 3.63) is 35.0 Å². The lowest BCUT2D eigenvalue weighted by Crippen LogP contribution is -2.57. The Kier molecular flexibility index (Phi) is 3.25. The number of nitrogens with one attached hydrogen (secondary N) is 1. The highest BCUT2D eigenvalue weighted by Gasteiger charge is 2.63. The average molecular weight is 356 g/mol. The molecule has 4 aliphatic rings. The lowest BCUT2D eigenvalue weighted by molar-refractivity contribution is -0.138. The summed E-state index contributed by atoms with van der Waals surface area (Å²) in [6.07, 6.45) is 1.24. The van der Waals surface area contributed by atoms with E-state index < -0.39 is 6.10 Å². The van der Waals surface area contributed by atoms with Gasteiger partial charge in [-0.05, 0) is 37.9 Å². The number of anilines is 1. The number of aromatic hydroxyl groups is 1. The van der Waals surface area contributed by atoms with E-state index >= 15 is 0 Å². The van der Waals surface area contributed by atoms with Gasteiger partial charge in [-0.25, -0.2) is 4.79 Å². The molecule has 6 nitrogen and oxygen atoms in total. The maximum atomic E-state index is 12.8. The fourth-order valence-corrected chi connectivity index (χ4v) is 6.03. The Balaban J connectivity index is 1.79. The Morgan fingerprint density at radius 3 is 3.00 bits per heavy atom. The first kappa shape index (κ1) is 16.1. The van der Waals surface area contributed by atoms with Gasteiger partial charge in [0.25, 0.3) is 0 Å². The molecule has 3 heterocycles. The van der Waals surface area contributed by atoms with Crippen LogP contribution in [0, 0.1) is 11.8 Å². The van der Waals surface area contributed by atoms with Gasteiger partial charge < -0.3 is 20.3 Å². The number of phenols is 1. The standard InChI is InChI=1S/C20H24N2O4/c1-10(23)12-9-22-7-6-20-13-4-3-5-14(24)17(13)21-18(20)16(19(25)26-2)11(12)8-15(20)22/h3-5,10-12,15,21,23-24H,6-9H2,1-2H3/t10-,11+,12+,15+,20-/m1/s1. The van der Waals surface area contributed by atoms with Gasteiger partial charge in [0, 0.05) is 30.1 Å². The highest BCUT2D eigenvalue weighted by molar-refractivity contribution is 5.94.